The fraction of sp³-hybridized carbons (Fsp3) is 0.438. The molecule has 0 aliphatic heterocycles. The summed E-state index contributed by atoms with van der Waals surface area (Å²) >= 11 is 15.6. The summed E-state index contributed by atoms with van der Waals surface area (Å²) < 4.78 is 0. The molecule has 0 aliphatic carbocycles. The summed E-state index contributed by atoms with van der Waals surface area (Å²) in [4.78, 5) is 11.5. The van der Waals surface area contributed by atoms with E-state index in [0.717, 1.165) is 5.57 Å². The van der Waals surface area contributed by atoms with Crippen molar-refractivity contribution in [3.8, 4) is 0 Å². The van der Waals surface area contributed by atoms with Gasteiger partial charge in [0.1, 0.15) is 0 Å². The Morgan fingerprint density at radius 2 is 2.09 bits per heavy atom. The third-order valence-electron chi connectivity index (χ3n) is 2.97. The van der Waals surface area contributed by atoms with Crippen molar-refractivity contribution in [3.05, 3.63) is 47.0 Å². The summed E-state index contributed by atoms with van der Waals surface area (Å²) in [5.74, 6) is -1.00. The zero-order chi connectivity index (χ0) is 17.3. The van der Waals surface area contributed by atoms with Crippen LogP contribution in [0.4, 0.5) is 0 Å². The van der Waals surface area contributed by atoms with Crippen LogP contribution in [0.2, 0.25) is 0 Å². The average Bonchev–Trinajstić information content (AvgIpc) is 2.40. The molecule has 0 heterocycles. The second-order valence-electron chi connectivity index (χ2n) is 5.13. The van der Waals surface area contributed by atoms with Gasteiger partial charge in [-0.25, -0.2) is 0 Å². The summed E-state index contributed by atoms with van der Waals surface area (Å²) in [6.45, 7) is 7.23. The van der Waals surface area contributed by atoms with Crippen LogP contribution < -0.4 is 0 Å². The van der Waals surface area contributed by atoms with Crippen LogP contribution in [-0.2, 0) is 4.79 Å². The molecule has 0 aromatic heterocycles. The van der Waals surface area contributed by atoms with Crippen molar-refractivity contribution < 1.29 is 15.0 Å². The third kappa shape index (κ3) is 8.79. The quantitative estimate of drug-likeness (QED) is 0.326. The first-order valence-electron chi connectivity index (χ1n) is 6.63. The molecule has 6 heteroatoms. The zero-order valence-electron chi connectivity index (χ0n) is 12.6. The Bertz CT molecular complexity index is 482. The number of carboxylic acids is 1. The summed E-state index contributed by atoms with van der Waals surface area (Å²) in [6.07, 6.45) is 6.31. The van der Waals surface area contributed by atoms with E-state index in [1.165, 1.54) is 0 Å². The molecule has 0 saturated carbocycles. The van der Waals surface area contributed by atoms with Crippen molar-refractivity contribution in [2.75, 3.05) is 0 Å². The molecule has 0 saturated heterocycles. The number of hydrogen-bond acceptors (Lipinski definition) is 2. The van der Waals surface area contributed by atoms with Gasteiger partial charge < -0.3 is 10.2 Å². The summed E-state index contributed by atoms with van der Waals surface area (Å²) in [5, 5.41) is 18.0. The van der Waals surface area contributed by atoms with Gasteiger partial charge in [-0.15, -0.1) is 23.2 Å². The van der Waals surface area contributed by atoms with Crippen molar-refractivity contribution in [1.29, 1.82) is 0 Å². The van der Waals surface area contributed by atoms with Gasteiger partial charge >= 0.3 is 5.97 Å². The fourth-order valence-electron chi connectivity index (χ4n) is 1.48. The Balaban J connectivity index is 4.59. The van der Waals surface area contributed by atoms with Crippen molar-refractivity contribution >= 4 is 45.1 Å². The molecular formula is C16H21BrCl2O3. The predicted molar refractivity (Wildman–Crippen MR) is 96.9 cm³/mol. The molecular weight excluding hydrogens is 391 g/mol. The molecule has 2 N–H and O–H groups in total. The number of allylic oxidation sites excluding steroid dienone is 4. The molecule has 0 unspecified atom stereocenters. The lowest BCUT2D eigenvalue weighted by molar-refractivity contribution is -0.136. The second-order valence-corrected chi connectivity index (χ2v) is 6.95. The monoisotopic (exact) mass is 410 g/mol. The maximum Gasteiger partial charge on any atom is 0.307 e. The number of alkyl halides is 2. The molecule has 0 aliphatic rings. The number of hydrogen-bond donors (Lipinski definition) is 2. The minimum atomic E-state index is -1.00. The highest BCUT2D eigenvalue weighted by Crippen LogP contribution is 2.27. The Labute approximate surface area is 150 Å². The smallest absolute Gasteiger partial charge is 0.307 e. The van der Waals surface area contributed by atoms with Gasteiger partial charge in [0.25, 0.3) is 0 Å². The van der Waals surface area contributed by atoms with Gasteiger partial charge in [0.2, 0.25) is 0 Å². The summed E-state index contributed by atoms with van der Waals surface area (Å²) in [5.41, 5.74) is 1.18. The predicted octanol–water partition coefficient (Wildman–Crippen LogP) is 4.78. The summed E-state index contributed by atoms with van der Waals surface area (Å²) in [7, 11) is 0. The van der Waals surface area contributed by atoms with E-state index in [4.69, 9.17) is 28.3 Å². The van der Waals surface area contributed by atoms with Crippen LogP contribution in [-0.4, -0.2) is 32.5 Å². The Morgan fingerprint density at radius 3 is 2.59 bits per heavy atom. The van der Waals surface area contributed by atoms with Crippen molar-refractivity contribution in [2.24, 2.45) is 0 Å². The molecule has 22 heavy (non-hydrogen) atoms. The van der Waals surface area contributed by atoms with Gasteiger partial charge in [-0.2, -0.15) is 0 Å². The third-order valence-corrected chi connectivity index (χ3v) is 4.30. The number of rotatable bonds is 9. The van der Waals surface area contributed by atoms with E-state index in [9.17, 15) is 9.90 Å². The molecule has 0 aromatic carbocycles. The van der Waals surface area contributed by atoms with Gasteiger partial charge in [0, 0.05) is 0 Å². The second kappa shape index (κ2) is 10.3. The van der Waals surface area contributed by atoms with Crippen LogP contribution in [0.3, 0.4) is 0 Å². The standard InChI is InChI=1S/C16H21BrCl2O3/c1-11(4-6-13(20)12(2)10-15(21)22)5-7-14(18)16(3,19)8-9-17/h4-5,7-9,13-14,20H,2,6,10H2,1,3H3,(H,21,22)/b7-5+,9-8+,11-4+/t13-,14+,16-/m1/s1. The first-order chi connectivity index (χ1) is 10.1. The Morgan fingerprint density at radius 1 is 1.50 bits per heavy atom. The first kappa shape index (κ1) is 21.4. The van der Waals surface area contributed by atoms with Gasteiger partial charge in [0.15, 0.2) is 0 Å². The minimum Gasteiger partial charge on any atom is -0.481 e. The van der Waals surface area contributed by atoms with E-state index in [0.29, 0.717) is 6.42 Å². The summed E-state index contributed by atoms with van der Waals surface area (Å²) in [6, 6.07) is 0. The molecule has 0 aromatic rings. The minimum absolute atomic E-state index is 0.239. The number of aliphatic hydroxyl groups excluding tert-OH is 1. The zero-order valence-corrected chi connectivity index (χ0v) is 15.7. The highest BCUT2D eigenvalue weighted by atomic mass is 79.9. The van der Waals surface area contributed by atoms with Gasteiger partial charge in [-0.05, 0) is 30.8 Å². The van der Waals surface area contributed by atoms with Crippen molar-refractivity contribution in [2.45, 2.75) is 43.0 Å². The maximum atomic E-state index is 10.5. The van der Waals surface area contributed by atoms with Crippen LogP contribution >= 0.6 is 39.1 Å². The van der Waals surface area contributed by atoms with E-state index >= 15 is 0 Å². The van der Waals surface area contributed by atoms with Crippen LogP contribution in [0.1, 0.15) is 26.7 Å². The van der Waals surface area contributed by atoms with Crippen molar-refractivity contribution in [3.63, 3.8) is 0 Å². The molecule has 0 radical (unpaired) electrons. The normalized spacial score (nSPS) is 18.4. The lowest BCUT2D eigenvalue weighted by atomic mass is 10.0. The van der Waals surface area contributed by atoms with E-state index in [2.05, 4.69) is 22.5 Å². The Kier molecular flexibility index (Phi) is 10.0. The number of carbonyl (C=O) groups is 1. The van der Waals surface area contributed by atoms with Gasteiger partial charge in [-0.3, -0.25) is 4.79 Å². The lowest BCUT2D eigenvalue weighted by Gasteiger charge is -2.20. The lowest BCUT2D eigenvalue weighted by Crippen LogP contribution is -2.24. The van der Waals surface area contributed by atoms with Crippen LogP contribution in [0, 0.1) is 0 Å². The highest BCUT2D eigenvalue weighted by molar-refractivity contribution is 9.11. The number of aliphatic hydroxyl groups is 1. The van der Waals surface area contributed by atoms with Crippen molar-refractivity contribution in [1.82, 2.24) is 0 Å². The maximum absolute atomic E-state index is 10.5. The molecule has 0 spiro atoms. The fourth-order valence-corrected chi connectivity index (χ4v) is 2.47. The number of halogens is 3. The van der Waals surface area contributed by atoms with E-state index < -0.39 is 22.3 Å². The van der Waals surface area contributed by atoms with Gasteiger partial charge in [-0.1, -0.05) is 52.4 Å². The molecule has 124 valence electrons. The topological polar surface area (TPSA) is 57.5 Å². The number of carboxylic acid groups (broad SMARTS) is 1. The Hall–Kier alpha value is -0.550. The van der Waals surface area contributed by atoms with Crippen LogP contribution in [0.5, 0.6) is 0 Å². The molecule has 0 bridgehead atoms. The molecule has 3 nitrogen and oxygen atoms in total. The van der Waals surface area contributed by atoms with Gasteiger partial charge in [0.05, 0.1) is 22.8 Å². The molecule has 0 amide bonds. The van der Waals surface area contributed by atoms with E-state index in [1.807, 2.05) is 13.0 Å². The average molecular weight is 412 g/mol. The largest absolute Gasteiger partial charge is 0.481 e. The van der Waals surface area contributed by atoms with Crippen LogP contribution in [0.15, 0.2) is 47.0 Å². The highest BCUT2D eigenvalue weighted by Gasteiger charge is 2.25. The molecule has 0 fully saturated rings. The van der Waals surface area contributed by atoms with E-state index in [-0.39, 0.29) is 12.0 Å². The number of aliphatic carboxylic acids is 1. The molecule has 3 atom stereocenters. The molecule has 0 rings (SSSR count). The first-order valence-corrected chi connectivity index (χ1v) is 8.36. The SMILES string of the molecule is C=C(CC(=O)O)[C@H](O)C/C=C(C)/C=C/[C@H](Cl)[C@](C)(Cl)/C=C/Br. The van der Waals surface area contributed by atoms with Crippen LogP contribution in [0.25, 0.3) is 0 Å². The van der Waals surface area contributed by atoms with E-state index in [1.54, 1.807) is 30.1 Å².